The summed E-state index contributed by atoms with van der Waals surface area (Å²) in [6, 6.07) is 4.16. The smallest absolute Gasteiger partial charge is 0.255 e. The second-order valence-corrected chi connectivity index (χ2v) is 8.18. The van der Waals surface area contributed by atoms with Crippen molar-refractivity contribution in [2.45, 2.75) is 63.8 Å². The summed E-state index contributed by atoms with van der Waals surface area (Å²) < 4.78 is 13.9. The van der Waals surface area contributed by atoms with Gasteiger partial charge in [0.05, 0.1) is 10.6 Å². The van der Waals surface area contributed by atoms with Crippen LogP contribution in [0.25, 0.3) is 0 Å². The molecule has 1 aliphatic heterocycles. The SMILES string of the molecule is O=C(NC1CCN(C(=O)CCC2CCCCC2)CC1)c1c(F)cccc1Cl. The number of carbonyl (C=O) groups excluding carboxylic acids is 2. The van der Waals surface area contributed by atoms with Crippen molar-refractivity contribution in [3.05, 3.63) is 34.6 Å². The van der Waals surface area contributed by atoms with Crippen molar-refractivity contribution in [1.29, 1.82) is 0 Å². The molecule has 4 nitrogen and oxygen atoms in total. The van der Waals surface area contributed by atoms with Crippen LogP contribution in [0.4, 0.5) is 4.39 Å². The highest BCUT2D eigenvalue weighted by molar-refractivity contribution is 6.33. The normalized spacial score (nSPS) is 19.1. The van der Waals surface area contributed by atoms with Gasteiger partial charge in [0.25, 0.3) is 5.91 Å². The Morgan fingerprint density at radius 3 is 2.48 bits per heavy atom. The molecule has 1 saturated carbocycles. The fourth-order valence-corrected chi connectivity index (χ4v) is 4.46. The van der Waals surface area contributed by atoms with Gasteiger partial charge in [0.15, 0.2) is 0 Å². The zero-order valence-electron chi connectivity index (χ0n) is 15.7. The summed E-state index contributed by atoms with van der Waals surface area (Å²) in [5, 5.41) is 2.97. The molecule has 0 aromatic heterocycles. The second kappa shape index (κ2) is 9.54. The number of hydrogen-bond donors (Lipinski definition) is 1. The van der Waals surface area contributed by atoms with Gasteiger partial charge in [-0.2, -0.15) is 0 Å². The Balaban J connectivity index is 1.43. The lowest BCUT2D eigenvalue weighted by molar-refractivity contribution is -0.132. The van der Waals surface area contributed by atoms with E-state index >= 15 is 0 Å². The summed E-state index contributed by atoms with van der Waals surface area (Å²) in [6.07, 6.45) is 9.47. The molecule has 0 atom stereocenters. The monoisotopic (exact) mass is 394 g/mol. The van der Waals surface area contributed by atoms with E-state index < -0.39 is 11.7 Å². The van der Waals surface area contributed by atoms with Gasteiger partial charge < -0.3 is 10.2 Å². The molecular weight excluding hydrogens is 367 g/mol. The maximum Gasteiger partial charge on any atom is 0.255 e. The molecule has 6 heteroatoms. The van der Waals surface area contributed by atoms with E-state index in [9.17, 15) is 14.0 Å². The fourth-order valence-electron chi connectivity index (χ4n) is 4.21. The quantitative estimate of drug-likeness (QED) is 0.795. The summed E-state index contributed by atoms with van der Waals surface area (Å²) in [6.45, 7) is 1.28. The van der Waals surface area contributed by atoms with E-state index in [-0.39, 0.29) is 22.5 Å². The van der Waals surface area contributed by atoms with Crippen molar-refractivity contribution in [2.75, 3.05) is 13.1 Å². The third-order valence-electron chi connectivity index (χ3n) is 5.86. The minimum absolute atomic E-state index is 0.0597. The molecule has 1 heterocycles. The Bertz CT molecular complexity index is 648. The van der Waals surface area contributed by atoms with E-state index in [1.165, 1.54) is 50.3 Å². The fraction of sp³-hybridized carbons (Fsp3) is 0.619. The summed E-state index contributed by atoms with van der Waals surface area (Å²) >= 11 is 5.95. The van der Waals surface area contributed by atoms with Gasteiger partial charge in [-0.25, -0.2) is 4.39 Å². The molecule has 1 aromatic carbocycles. The lowest BCUT2D eigenvalue weighted by Crippen LogP contribution is -2.46. The van der Waals surface area contributed by atoms with E-state index in [0.29, 0.717) is 38.3 Å². The number of likely N-dealkylation sites (tertiary alicyclic amines) is 1. The number of nitrogens with zero attached hydrogens (tertiary/aromatic N) is 1. The van der Waals surface area contributed by atoms with Crippen LogP contribution < -0.4 is 5.32 Å². The van der Waals surface area contributed by atoms with Crippen LogP contribution in [0.2, 0.25) is 5.02 Å². The summed E-state index contributed by atoms with van der Waals surface area (Å²) in [5.74, 6) is -0.164. The number of rotatable bonds is 5. The zero-order chi connectivity index (χ0) is 19.2. The third kappa shape index (κ3) is 5.44. The van der Waals surface area contributed by atoms with Crippen molar-refractivity contribution < 1.29 is 14.0 Å². The van der Waals surface area contributed by atoms with Crippen LogP contribution in [-0.2, 0) is 4.79 Å². The average Bonchev–Trinajstić information content (AvgIpc) is 2.67. The van der Waals surface area contributed by atoms with Gasteiger partial charge in [-0.1, -0.05) is 49.8 Å². The van der Waals surface area contributed by atoms with Gasteiger partial charge in [-0.05, 0) is 37.3 Å². The van der Waals surface area contributed by atoms with Crippen LogP contribution in [0.1, 0.15) is 68.1 Å². The summed E-state index contributed by atoms with van der Waals surface area (Å²) in [7, 11) is 0. The van der Waals surface area contributed by atoms with E-state index in [1.54, 1.807) is 0 Å². The molecule has 0 bridgehead atoms. The second-order valence-electron chi connectivity index (χ2n) is 7.77. The Morgan fingerprint density at radius 1 is 1.11 bits per heavy atom. The standard InChI is InChI=1S/C21H28ClFN2O2/c22-17-7-4-8-18(23)20(17)21(27)24-16-11-13-25(14-12-16)19(26)10-9-15-5-2-1-3-6-15/h4,7-8,15-16H,1-3,5-6,9-14H2,(H,24,27). The molecule has 0 radical (unpaired) electrons. The number of benzene rings is 1. The van der Waals surface area contributed by atoms with Crippen LogP contribution in [-0.4, -0.2) is 35.8 Å². The van der Waals surface area contributed by atoms with Gasteiger partial charge in [-0.3, -0.25) is 9.59 Å². The Morgan fingerprint density at radius 2 is 1.81 bits per heavy atom. The van der Waals surface area contributed by atoms with Crippen molar-refractivity contribution in [1.82, 2.24) is 10.2 Å². The third-order valence-corrected chi connectivity index (χ3v) is 6.18. The molecule has 1 N–H and O–H groups in total. The highest BCUT2D eigenvalue weighted by Gasteiger charge is 2.26. The molecule has 27 heavy (non-hydrogen) atoms. The highest BCUT2D eigenvalue weighted by atomic mass is 35.5. The predicted octanol–water partition coefficient (Wildman–Crippen LogP) is 4.56. The molecule has 148 valence electrons. The van der Waals surface area contributed by atoms with Crippen molar-refractivity contribution >= 4 is 23.4 Å². The maximum atomic E-state index is 13.9. The van der Waals surface area contributed by atoms with E-state index in [1.807, 2.05) is 4.90 Å². The average molecular weight is 395 g/mol. The molecule has 1 saturated heterocycles. The van der Waals surface area contributed by atoms with Crippen LogP contribution in [0, 0.1) is 11.7 Å². The Labute approximate surface area is 165 Å². The molecule has 2 fully saturated rings. The lowest BCUT2D eigenvalue weighted by atomic mass is 9.86. The number of hydrogen-bond acceptors (Lipinski definition) is 2. The Kier molecular flexibility index (Phi) is 7.11. The van der Waals surface area contributed by atoms with Crippen LogP contribution in [0.5, 0.6) is 0 Å². The van der Waals surface area contributed by atoms with E-state index in [0.717, 1.165) is 6.42 Å². The molecular formula is C21H28ClFN2O2. The number of amides is 2. The largest absolute Gasteiger partial charge is 0.349 e. The highest BCUT2D eigenvalue weighted by Crippen LogP contribution is 2.28. The number of piperidine rings is 1. The molecule has 2 aliphatic rings. The molecule has 0 unspecified atom stereocenters. The number of nitrogens with one attached hydrogen (secondary N) is 1. The first-order valence-corrected chi connectivity index (χ1v) is 10.4. The van der Waals surface area contributed by atoms with Gasteiger partial charge in [0, 0.05) is 25.6 Å². The lowest BCUT2D eigenvalue weighted by Gasteiger charge is -2.33. The summed E-state index contributed by atoms with van der Waals surface area (Å²) in [4.78, 5) is 26.7. The minimum atomic E-state index is -0.615. The predicted molar refractivity (Wildman–Crippen MR) is 104 cm³/mol. The first-order valence-electron chi connectivity index (χ1n) is 10.1. The molecule has 2 amide bonds. The van der Waals surface area contributed by atoms with Crippen molar-refractivity contribution in [3.8, 4) is 0 Å². The first kappa shape index (κ1) is 20.1. The van der Waals surface area contributed by atoms with Crippen LogP contribution in [0.15, 0.2) is 18.2 Å². The molecule has 1 aromatic rings. The van der Waals surface area contributed by atoms with Gasteiger partial charge >= 0.3 is 0 Å². The van der Waals surface area contributed by atoms with Crippen LogP contribution in [0.3, 0.4) is 0 Å². The molecule has 3 rings (SSSR count). The van der Waals surface area contributed by atoms with Crippen molar-refractivity contribution in [3.63, 3.8) is 0 Å². The molecule has 1 aliphatic carbocycles. The minimum Gasteiger partial charge on any atom is -0.349 e. The van der Waals surface area contributed by atoms with Gasteiger partial charge in [0.1, 0.15) is 5.82 Å². The molecule has 0 spiro atoms. The Hall–Kier alpha value is -1.62. The van der Waals surface area contributed by atoms with E-state index in [2.05, 4.69) is 5.32 Å². The maximum absolute atomic E-state index is 13.9. The zero-order valence-corrected chi connectivity index (χ0v) is 16.4. The number of carbonyl (C=O) groups is 2. The topological polar surface area (TPSA) is 49.4 Å². The number of halogens is 2. The van der Waals surface area contributed by atoms with Gasteiger partial charge in [0.2, 0.25) is 5.91 Å². The first-order chi connectivity index (χ1) is 13.0. The van der Waals surface area contributed by atoms with Gasteiger partial charge in [-0.15, -0.1) is 0 Å². The summed E-state index contributed by atoms with van der Waals surface area (Å²) in [5.41, 5.74) is -0.106. The van der Waals surface area contributed by atoms with E-state index in [4.69, 9.17) is 11.6 Å². The van der Waals surface area contributed by atoms with Crippen molar-refractivity contribution in [2.24, 2.45) is 5.92 Å². The van der Waals surface area contributed by atoms with Crippen LogP contribution >= 0.6 is 11.6 Å².